The van der Waals surface area contributed by atoms with Gasteiger partial charge in [0.1, 0.15) is 0 Å². The van der Waals surface area contributed by atoms with E-state index in [-0.39, 0.29) is 17.7 Å². The van der Waals surface area contributed by atoms with Gasteiger partial charge in [-0.3, -0.25) is 4.79 Å². The predicted octanol–water partition coefficient (Wildman–Crippen LogP) is 1.33. The highest BCUT2D eigenvalue weighted by atomic mass is 32.9. The molecule has 0 aromatic carbocycles. The second kappa shape index (κ2) is 5.64. The van der Waals surface area contributed by atoms with Crippen molar-refractivity contribution < 1.29 is 14.6 Å². The zero-order valence-electron chi connectivity index (χ0n) is 8.63. The number of hydrogen-bond acceptors (Lipinski definition) is 3. The van der Waals surface area contributed by atoms with E-state index < -0.39 is 5.69 Å². The molecule has 1 fully saturated rings. The first kappa shape index (κ1) is 13.5. The van der Waals surface area contributed by atoms with Gasteiger partial charge < -0.3 is 14.7 Å². The number of carbonyl (C=O) groups is 1. The Hall–Kier alpha value is 0.390. The molecule has 1 unspecified atom stereocenters. The Balaban J connectivity index is 2.42. The van der Waals surface area contributed by atoms with Gasteiger partial charge in [0.15, 0.2) is 0 Å². The van der Waals surface area contributed by atoms with E-state index in [1.165, 1.54) is 0 Å². The number of carbonyl (C=O) groups excluding carboxylic acids is 1. The number of rotatable bonds is 3. The lowest BCUT2D eigenvalue weighted by Gasteiger charge is -2.33. The van der Waals surface area contributed by atoms with Crippen LogP contribution in [-0.2, 0) is 16.6 Å². The molecule has 4 nitrogen and oxygen atoms in total. The summed E-state index contributed by atoms with van der Waals surface area (Å²) in [4.78, 5) is 31.5. The number of amides is 1. The Kier molecular flexibility index (Phi) is 5.06. The zero-order valence-corrected chi connectivity index (χ0v) is 11.2. The molecule has 1 heterocycles. The van der Waals surface area contributed by atoms with Crippen LogP contribution in [0.4, 0.5) is 0 Å². The van der Waals surface area contributed by atoms with Gasteiger partial charge in [0, 0.05) is 12.6 Å². The molecule has 1 saturated heterocycles. The van der Waals surface area contributed by atoms with E-state index in [0.29, 0.717) is 0 Å². The molecule has 15 heavy (non-hydrogen) atoms. The van der Waals surface area contributed by atoms with E-state index in [4.69, 9.17) is 9.79 Å². The normalized spacial score (nSPS) is 22.9. The van der Waals surface area contributed by atoms with Crippen molar-refractivity contribution in [2.75, 3.05) is 12.3 Å². The third kappa shape index (κ3) is 4.83. The maximum absolute atomic E-state index is 11.7. The summed E-state index contributed by atoms with van der Waals surface area (Å²) < 4.78 is 0. The minimum absolute atomic E-state index is 0.0375. The van der Waals surface area contributed by atoms with Crippen molar-refractivity contribution in [2.24, 2.45) is 0 Å². The quantitative estimate of drug-likeness (QED) is 0.757. The molecule has 0 saturated carbocycles. The molecule has 1 rings (SSSR count). The average molecular weight is 269 g/mol. The van der Waals surface area contributed by atoms with Crippen molar-refractivity contribution in [3.05, 3.63) is 0 Å². The summed E-state index contributed by atoms with van der Waals surface area (Å²) in [6, 6.07) is 0.266. The second-order valence-corrected chi connectivity index (χ2v) is 9.75. The average Bonchev–Trinajstić information content (AvgIpc) is 2.14. The van der Waals surface area contributed by atoms with Crippen LogP contribution in [0, 0.1) is 0 Å². The molecular weight excluding hydrogens is 253 g/mol. The van der Waals surface area contributed by atoms with Gasteiger partial charge in [-0.15, -0.1) is 0 Å². The molecule has 7 heteroatoms. The molecule has 88 valence electrons. The maximum atomic E-state index is 11.7. The van der Waals surface area contributed by atoms with Crippen molar-refractivity contribution >= 4 is 34.8 Å². The van der Waals surface area contributed by atoms with E-state index in [0.717, 1.165) is 37.2 Å². The lowest BCUT2D eigenvalue weighted by molar-refractivity contribution is -0.131. The predicted molar refractivity (Wildman–Crippen MR) is 66.2 cm³/mol. The molecular formula is C8H16NO3PS2. The molecule has 0 spiro atoms. The van der Waals surface area contributed by atoms with Gasteiger partial charge in [-0.25, -0.2) is 0 Å². The summed E-state index contributed by atoms with van der Waals surface area (Å²) in [5, 5.41) is 0. The van der Waals surface area contributed by atoms with Crippen LogP contribution in [0.2, 0.25) is 0 Å². The van der Waals surface area contributed by atoms with Crippen molar-refractivity contribution in [2.45, 2.75) is 32.2 Å². The SMILES string of the molecule is CC1CCCCN1C(=O)CSP(O)(O)=S. The fourth-order valence-corrected chi connectivity index (χ4v) is 3.45. The summed E-state index contributed by atoms with van der Waals surface area (Å²) in [7, 11) is 0. The fraction of sp³-hybridized carbons (Fsp3) is 0.875. The van der Waals surface area contributed by atoms with Crippen molar-refractivity contribution in [3.63, 3.8) is 0 Å². The highest BCUT2D eigenvalue weighted by Gasteiger charge is 2.24. The zero-order chi connectivity index (χ0) is 11.5. The molecule has 2 N–H and O–H groups in total. The minimum atomic E-state index is -3.29. The second-order valence-electron chi connectivity index (χ2n) is 3.70. The molecule has 1 aliphatic heterocycles. The number of likely N-dealkylation sites (tertiary alicyclic amines) is 1. The summed E-state index contributed by atoms with van der Waals surface area (Å²) in [6.07, 6.45) is 3.23. The van der Waals surface area contributed by atoms with Crippen LogP contribution in [0.5, 0.6) is 0 Å². The van der Waals surface area contributed by atoms with E-state index in [9.17, 15) is 4.79 Å². The highest BCUT2D eigenvalue weighted by Crippen LogP contribution is 2.50. The number of hydrogen-bond donors (Lipinski definition) is 2. The first-order valence-corrected chi connectivity index (χ1v) is 9.19. The Morgan fingerprint density at radius 2 is 2.27 bits per heavy atom. The van der Waals surface area contributed by atoms with Crippen LogP contribution >= 0.6 is 17.1 Å². The van der Waals surface area contributed by atoms with Crippen LogP contribution in [0.15, 0.2) is 0 Å². The van der Waals surface area contributed by atoms with Crippen LogP contribution in [0.1, 0.15) is 26.2 Å². The van der Waals surface area contributed by atoms with E-state index in [2.05, 4.69) is 11.8 Å². The Bertz CT molecular complexity index is 281. The first-order valence-electron chi connectivity index (χ1n) is 4.90. The van der Waals surface area contributed by atoms with Crippen molar-refractivity contribution in [3.8, 4) is 0 Å². The third-order valence-electron chi connectivity index (χ3n) is 2.48. The summed E-state index contributed by atoms with van der Waals surface area (Å²) >= 11 is 5.23. The molecule has 0 aromatic heterocycles. The van der Waals surface area contributed by atoms with Gasteiger partial charge in [0.05, 0.1) is 5.75 Å². The lowest BCUT2D eigenvalue weighted by atomic mass is 10.0. The van der Waals surface area contributed by atoms with Crippen LogP contribution in [0.3, 0.4) is 0 Å². The van der Waals surface area contributed by atoms with Crippen LogP contribution < -0.4 is 0 Å². The summed E-state index contributed by atoms with van der Waals surface area (Å²) in [6.45, 7) is 2.80. The van der Waals surface area contributed by atoms with E-state index >= 15 is 0 Å². The Morgan fingerprint density at radius 1 is 1.60 bits per heavy atom. The molecule has 0 radical (unpaired) electrons. The molecule has 0 aromatic rings. The van der Waals surface area contributed by atoms with E-state index in [1.54, 1.807) is 0 Å². The monoisotopic (exact) mass is 269 g/mol. The van der Waals surface area contributed by atoms with E-state index in [1.807, 2.05) is 11.8 Å². The highest BCUT2D eigenvalue weighted by molar-refractivity contribution is 8.67. The molecule has 1 amide bonds. The van der Waals surface area contributed by atoms with Crippen LogP contribution in [-0.4, -0.2) is 38.9 Å². The van der Waals surface area contributed by atoms with Gasteiger partial charge in [-0.1, -0.05) is 11.4 Å². The summed E-state index contributed by atoms with van der Waals surface area (Å²) in [5.74, 6) is 0.0405. The fourth-order valence-electron chi connectivity index (χ4n) is 1.69. The summed E-state index contributed by atoms with van der Waals surface area (Å²) in [5.41, 5.74) is -3.29. The lowest BCUT2D eigenvalue weighted by Crippen LogP contribution is -2.42. The minimum Gasteiger partial charge on any atom is -0.339 e. The first-order chi connectivity index (χ1) is 6.90. The van der Waals surface area contributed by atoms with Crippen molar-refractivity contribution in [1.29, 1.82) is 0 Å². The standard InChI is InChI=1S/C8H16NO3PS2/c1-7-4-2-3-5-9(7)8(10)6-15-13(11,12)14/h7H,2-6H2,1H3,(H2,11,12,14). The Labute approximate surface area is 99.0 Å². The van der Waals surface area contributed by atoms with Gasteiger partial charge >= 0.3 is 0 Å². The van der Waals surface area contributed by atoms with Gasteiger partial charge in [-0.2, -0.15) is 0 Å². The van der Waals surface area contributed by atoms with Gasteiger partial charge in [-0.05, 0) is 38.0 Å². The smallest absolute Gasteiger partial charge is 0.242 e. The van der Waals surface area contributed by atoms with Crippen molar-refractivity contribution in [1.82, 2.24) is 4.90 Å². The molecule has 0 aliphatic carbocycles. The molecule has 1 aliphatic rings. The topological polar surface area (TPSA) is 60.8 Å². The van der Waals surface area contributed by atoms with Gasteiger partial charge in [0.2, 0.25) is 11.6 Å². The number of nitrogens with zero attached hydrogens (tertiary/aromatic N) is 1. The maximum Gasteiger partial charge on any atom is 0.242 e. The van der Waals surface area contributed by atoms with Crippen LogP contribution in [0.25, 0.3) is 0 Å². The molecule has 0 bridgehead atoms. The largest absolute Gasteiger partial charge is 0.339 e. The Morgan fingerprint density at radius 3 is 2.80 bits per heavy atom. The third-order valence-corrected chi connectivity index (χ3v) is 5.54. The molecule has 1 atom stereocenters. The number of piperidine rings is 1. The van der Waals surface area contributed by atoms with Gasteiger partial charge in [0.25, 0.3) is 0 Å².